The Morgan fingerprint density at radius 1 is 1.28 bits per heavy atom. The van der Waals surface area contributed by atoms with E-state index in [4.69, 9.17) is 16.3 Å². The van der Waals surface area contributed by atoms with E-state index >= 15 is 0 Å². The molecule has 0 bridgehead atoms. The first-order valence-corrected chi connectivity index (χ1v) is 12.3. The molecule has 7 nitrogen and oxygen atoms in total. The molecule has 154 valence electrons. The van der Waals surface area contributed by atoms with Gasteiger partial charge >= 0.3 is 0 Å². The molecule has 1 fully saturated rings. The summed E-state index contributed by atoms with van der Waals surface area (Å²) >= 11 is 8.25. The summed E-state index contributed by atoms with van der Waals surface area (Å²) in [6, 6.07) is 7.85. The molecule has 2 aromatic heterocycles. The van der Waals surface area contributed by atoms with E-state index in [9.17, 15) is 13.2 Å². The van der Waals surface area contributed by atoms with Crippen molar-refractivity contribution in [1.29, 1.82) is 0 Å². The summed E-state index contributed by atoms with van der Waals surface area (Å²) < 4.78 is 35.8. The number of hydrogen-bond donors (Lipinski definition) is 0. The molecular formula is C18H18ClN3O4S3. The minimum absolute atomic E-state index is 0.138. The number of para-hydroxylation sites is 1. The fraction of sp³-hybridized carbons (Fsp3) is 0.333. The van der Waals surface area contributed by atoms with Crippen LogP contribution in [0, 0.1) is 0 Å². The second-order valence-corrected chi connectivity index (χ2v) is 11.4. The number of amides is 1. The van der Waals surface area contributed by atoms with E-state index in [0.29, 0.717) is 27.7 Å². The number of thiazole rings is 1. The van der Waals surface area contributed by atoms with E-state index < -0.39 is 22.0 Å². The van der Waals surface area contributed by atoms with Crippen LogP contribution in [-0.2, 0) is 21.9 Å². The lowest BCUT2D eigenvalue weighted by Gasteiger charge is -2.20. The van der Waals surface area contributed by atoms with Crippen molar-refractivity contribution in [2.24, 2.45) is 12.0 Å². The number of carbonyl (C=O) groups excluding carboxylic acids is 1. The third-order valence-electron chi connectivity index (χ3n) is 4.81. The van der Waals surface area contributed by atoms with Crippen LogP contribution in [0.25, 0.3) is 10.2 Å². The van der Waals surface area contributed by atoms with Gasteiger partial charge in [-0.05, 0) is 37.1 Å². The van der Waals surface area contributed by atoms with Gasteiger partial charge in [-0.3, -0.25) is 4.79 Å². The first-order valence-electron chi connectivity index (χ1n) is 8.81. The van der Waals surface area contributed by atoms with E-state index in [1.807, 2.05) is 25.2 Å². The molecule has 0 aliphatic carbocycles. The van der Waals surface area contributed by atoms with Crippen molar-refractivity contribution in [2.75, 3.05) is 13.7 Å². The van der Waals surface area contributed by atoms with Crippen LogP contribution in [0.2, 0.25) is 4.34 Å². The number of rotatable bonds is 4. The molecule has 1 aliphatic rings. The Hall–Kier alpha value is -1.72. The van der Waals surface area contributed by atoms with Gasteiger partial charge in [0, 0.05) is 13.6 Å². The highest BCUT2D eigenvalue weighted by atomic mass is 35.5. The number of carbonyl (C=O) groups is 1. The van der Waals surface area contributed by atoms with Crippen LogP contribution < -0.4 is 9.54 Å². The van der Waals surface area contributed by atoms with Crippen molar-refractivity contribution < 1.29 is 17.9 Å². The number of hydrogen-bond acceptors (Lipinski definition) is 6. The first kappa shape index (κ1) is 20.5. The van der Waals surface area contributed by atoms with Crippen molar-refractivity contribution in [2.45, 2.75) is 23.1 Å². The largest absolute Gasteiger partial charge is 0.495 e. The normalized spacial score (nSPS) is 18.6. The third-order valence-corrected chi connectivity index (χ3v) is 9.52. The summed E-state index contributed by atoms with van der Waals surface area (Å²) in [5, 5.41) is 0. The van der Waals surface area contributed by atoms with Gasteiger partial charge < -0.3 is 9.30 Å². The average molecular weight is 472 g/mol. The molecule has 0 spiro atoms. The van der Waals surface area contributed by atoms with Gasteiger partial charge in [0.2, 0.25) is 0 Å². The Morgan fingerprint density at radius 2 is 2.07 bits per heavy atom. The highest BCUT2D eigenvalue weighted by Crippen LogP contribution is 2.32. The Balaban J connectivity index is 1.71. The van der Waals surface area contributed by atoms with E-state index in [1.54, 1.807) is 17.7 Å². The minimum atomic E-state index is -3.79. The number of methoxy groups -OCH3 is 1. The Kier molecular flexibility index (Phi) is 5.56. The third kappa shape index (κ3) is 3.64. The maximum Gasteiger partial charge on any atom is 0.266 e. The van der Waals surface area contributed by atoms with Gasteiger partial charge in [0.05, 0.1) is 16.1 Å². The molecule has 3 aromatic rings. The van der Waals surface area contributed by atoms with Crippen LogP contribution in [0.4, 0.5) is 0 Å². The summed E-state index contributed by atoms with van der Waals surface area (Å²) in [5.41, 5.74) is 0.843. The minimum Gasteiger partial charge on any atom is -0.495 e. The predicted octanol–water partition coefficient (Wildman–Crippen LogP) is 3.24. The van der Waals surface area contributed by atoms with Gasteiger partial charge in [-0.25, -0.2) is 8.42 Å². The van der Waals surface area contributed by atoms with Gasteiger partial charge in [0.1, 0.15) is 21.5 Å². The van der Waals surface area contributed by atoms with E-state index in [0.717, 1.165) is 21.6 Å². The molecule has 0 saturated carbocycles. The van der Waals surface area contributed by atoms with Crippen LogP contribution in [0.1, 0.15) is 12.8 Å². The molecule has 3 heterocycles. The maximum atomic E-state index is 13.0. The van der Waals surface area contributed by atoms with E-state index in [-0.39, 0.29) is 10.8 Å². The standard InChI is InChI=1S/C18H18ClN3O4S3/c1-21-16-12(26-2)6-3-7-13(16)27-18(21)20-17(23)11-5-4-10-22(11)29(24,25)15-9-8-14(19)28-15/h3,6-9,11H,4-5,10H2,1-2H3. The highest BCUT2D eigenvalue weighted by Gasteiger charge is 2.40. The predicted molar refractivity (Wildman–Crippen MR) is 114 cm³/mol. The van der Waals surface area contributed by atoms with Crippen LogP contribution >= 0.6 is 34.3 Å². The van der Waals surface area contributed by atoms with Gasteiger partial charge in [0.15, 0.2) is 4.80 Å². The van der Waals surface area contributed by atoms with Crippen molar-refractivity contribution >= 4 is 60.4 Å². The van der Waals surface area contributed by atoms with Crippen molar-refractivity contribution in [1.82, 2.24) is 8.87 Å². The molecule has 11 heteroatoms. The summed E-state index contributed by atoms with van der Waals surface area (Å²) in [7, 11) is -0.387. The number of thiophene rings is 1. The van der Waals surface area contributed by atoms with Crippen LogP contribution in [0.3, 0.4) is 0 Å². The lowest BCUT2D eigenvalue weighted by atomic mass is 10.2. The zero-order valence-corrected chi connectivity index (χ0v) is 18.9. The number of ether oxygens (including phenoxy) is 1. The molecule has 1 saturated heterocycles. The summed E-state index contributed by atoms with van der Waals surface area (Å²) in [4.78, 5) is 17.7. The molecule has 0 radical (unpaired) electrons. The lowest BCUT2D eigenvalue weighted by molar-refractivity contribution is -0.121. The zero-order chi connectivity index (χ0) is 20.8. The van der Waals surface area contributed by atoms with Crippen LogP contribution in [-0.4, -0.2) is 42.9 Å². The number of aromatic nitrogens is 1. The monoisotopic (exact) mass is 471 g/mol. The summed E-state index contributed by atoms with van der Waals surface area (Å²) in [6.45, 7) is 0.288. The highest BCUT2D eigenvalue weighted by molar-refractivity contribution is 7.91. The SMILES string of the molecule is COc1cccc2sc(=NC(=O)C3CCCN3S(=O)(=O)c3ccc(Cl)s3)n(C)c12. The molecular weight excluding hydrogens is 454 g/mol. The van der Waals surface area contributed by atoms with Gasteiger partial charge in [-0.15, -0.1) is 11.3 Å². The van der Waals surface area contributed by atoms with Gasteiger partial charge in [-0.1, -0.05) is 29.0 Å². The van der Waals surface area contributed by atoms with E-state index in [2.05, 4.69) is 4.99 Å². The molecule has 4 rings (SSSR count). The fourth-order valence-electron chi connectivity index (χ4n) is 3.44. The topological polar surface area (TPSA) is 81.0 Å². The zero-order valence-electron chi connectivity index (χ0n) is 15.7. The van der Waals surface area contributed by atoms with Crippen molar-refractivity contribution in [3.05, 3.63) is 39.5 Å². The first-order chi connectivity index (χ1) is 13.8. The molecule has 1 atom stereocenters. The second kappa shape index (κ2) is 7.84. The molecule has 1 aromatic carbocycles. The molecule has 1 aliphatic heterocycles. The number of aryl methyl sites for hydroxylation is 1. The van der Waals surface area contributed by atoms with Crippen LogP contribution in [0.15, 0.2) is 39.5 Å². The van der Waals surface area contributed by atoms with Crippen molar-refractivity contribution in [3.63, 3.8) is 0 Å². The number of sulfonamides is 1. The Morgan fingerprint density at radius 3 is 2.76 bits per heavy atom. The maximum absolute atomic E-state index is 13.0. The van der Waals surface area contributed by atoms with Crippen molar-refractivity contribution in [3.8, 4) is 5.75 Å². The summed E-state index contributed by atoms with van der Waals surface area (Å²) in [5.74, 6) is 0.227. The number of nitrogens with zero attached hydrogens (tertiary/aromatic N) is 3. The molecule has 0 N–H and O–H groups in total. The summed E-state index contributed by atoms with van der Waals surface area (Å²) in [6.07, 6.45) is 1.05. The van der Waals surface area contributed by atoms with Gasteiger partial charge in [0.25, 0.3) is 15.9 Å². The quantitative estimate of drug-likeness (QED) is 0.585. The lowest BCUT2D eigenvalue weighted by Crippen LogP contribution is -2.40. The number of halogens is 1. The number of benzene rings is 1. The van der Waals surface area contributed by atoms with Crippen LogP contribution in [0.5, 0.6) is 5.75 Å². The van der Waals surface area contributed by atoms with E-state index in [1.165, 1.54) is 21.7 Å². The smallest absolute Gasteiger partial charge is 0.266 e. The molecule has 29 heavy (non-hydrogen) atoms. The second-order valence-electron chi connectivity index (χ2n) is 6.53. The fourth-order valence-corrected chi connectivity index (χ4v) is 7.74. The Labute approximate surface area is 180 Å². The molecule has 1 amide bonds. The van der Waals surface area contributed by atoms with Gasteiger partial charge in [-0.2, -0.15) is 9.30 Å². The molecule has 1 unspecified atom stereocenters. The average Bonchev–Trinajstić information content (AvgIpc) is 3.41. The number of fused-ring (bicyclic) bond motifs is 1. The Bertz CT molecular complexity index is 1260.